The molecule has 0 bridgehead atoms. The maximum atomic E-state index is 11.6. The molecule has 1 aliphatic carbocycles. The Kier molecular flexibility index (Phi) is 2.66. The minimum Gasteiger partial charge on any atom is -0.506 e. The van der Waals surface area contributed by atoms with Gasteiger partial charge in [0.2, 0.25) is 0 Å². The molecule has 1 aliphatic rings. The molecular formula is C10H8Br2O2. The molecule has 2 rings (SSSR count). The van der Waals surface area contributed by atoms with E-state index in [0.717, 1.165) is 24.0 Å². The molecule has 0 heterocycles. The normalized spacial score (nSPS) is 15.4. The van der Waals surface area contributed by atoms with E-state index in [4.69, 9.17) is 0 Å². The van der Waals surface area contributed by atoms with E-state index in [1.54, 1.807) is 6.07 Å². The predicted octanol–water partition coefficient (Wildman–Crippen LogP) is 3.44. The van der Waals surface area contributed by atoms with Crippen molar-refractivity contribution in [3.63, 3.8) is 0 Å². The lowest BCUT2D eigenvalue weighted by Gasteiger charge is -2.17. The zero-order chi connectivity index (χ0) is 10.3. The van der Waals surface area contributed by atoms with Gasteiger partial charge in [0.1, 0.15) is 5.75 Å². The van der Waals surface area contributed by atoms with Gasteiger partial charge in [0.05, 0.1) is 8.95 Å². The molecule has 0 unspecified atom stereocenters. The van der Waals surface area contributed by atoms with E-state index >= 15 is 0 Å². The Morgan fingerprint density at radius 3 is 2.71 bits per heavy atom. The number of hydrogen-bond donors (Lipinski definition) is 1. The maximum Gasteiger partial charge on any atom is 0.163 e. The Morgan fingerprint density at radius 2 is 2.00 bits per heavy atom. The average molecular weight is 320 g/mol. The summed E-state index contributed by atoms with van der Waals surface area (Å²) in [6, 6.07) is 1.71. The van der Waals surface area contributed by atoms with Crippen LogP contribution in [0.4, 0.5) is 0 Å². The fourth-order valence-electron chi connectivity index (χ4n) is 1.70. The van der Waals surface area contributed by atoms with Crippen molar-refractivity contribution in [3.05, 3.63) is 26.1 Å². The second-order valence-electron chi connectivity index (χ2n) is 3.32. The average Bonchev–Trinajstić information content (AvgIpc) is 2.17. The highest BCUT2D eigenvalue weighted by atomic mass is 79.9. The van der Waals surface area contributed by atoms with E-state index in [1.807, 2.05) is 0 Å². The number of halogens is 2. The van der Waals surface area contributed by atoms with Crippen LogP contribution in [0.2, 0.25) is 0 Å². The fraction of sp³-hybridized carbons (Fsp3) is 0.300. The van der Waals surface area contributed by atoms with Crippen molar-refractivity contribution >= 4 is 37.6 Å². The number of ketones is 1. The summed E-state index contributed by atoms with van der Waals surface area (Å²) >= 11 is 6.53. The van der Waals surface area contributed by atoms with Crippen LogP contribution in [0.25, 0.3) is 0 Å². The lowest BCUT2D eigenvalue weighted by molar-refractivity contribution is 0.0972. The van der Waals surface area contributed by atoms with Gasteiger partial charge in [-0.25, -0.2) is 0 Å². The fourth-order valence-corrected chi connectivity index (χ4v) is 3.02. The first-order valence-corrected chi connectivity index (χ1v) is 5.93. The number of hydrogen-bond acceptors (Lipinski definition) is 2. The number of carbonyl (C=O) groups excluding carboxylic acids is 1. The molecule has 0 fully saturated rings. The number of benzene rings is 1. The third-order valence-electron chi connectivity index (χ3n) is 2.43. The van der Waals surface area contributed by atoms with Crippen LogP contribution in [-0.2, 0) is 6.42 Å². The van der Waals surface area contributed by atoms with Crippen LogP contribution in [0.15, 0.2) is 15.0 Å². The van der Waals surface area contributed by atoms with Crippen molar-refractivity contribution in [2.75, 3.05) is 0 Å². The first-order chi connectivity index (χ1) is 6.61. The van der Waals surface area contributed by atoms with Crippen LogP contribution < -0.4 is 0 Å². The van der Waals surface area contributed by atoms with Crippen molar-refractivity contribution in [1.29, 1.82) is 0 Å². The number of aromatic hydroxyl groups is 1. The maximum absolute atomic E-state index is 11.6. The monoisotopic (exact) mass is 318 g/mol. The van der Waals surface area contributed by atoms with Crippen molar-refractivity contribution in [2.45, 2.75) is 19.3 Å². The van der Waals surface area contributed by atoms with E-state index in [2.05, 4.69) is 31.9 Å². The molecule has 0 atom stereocenters. The van der Waals surface area contributed by atoms with Crippen molar-refractivity contribution in [2.24, 2.45) is 0 Å². The van der Waals surface area contributed by atoms with Crippen LogP contribution in [0.5, 0.6) is 5.75 Å². The molecule has 1 aromatic rings. The van der Waals surface area contributed by atoms with Gasteiger partial charge < -0.3 is 5.11 Å². The Bertz CT molecular complexity index is 413. The molecule has 1 aromatic carbocycles. The zero-order valence-corrected chi connectivity index (χ0v) is 10.5. The van der Waals surface area contributed by atoms with E-state index in [-0.39, 0.29) is 11.5 Å². The highest BCUT2D eigenvalue weighted by Crippen LogP contribution is 2.39. The molecule has 4 heteroatoms. The van der Waals surface area contributed by atoms with Gasteiger partial charge in [-0.1, -0.05) is 0 Å². The summed E-state index contributed by atoms with van der Waals surface area (Å²) in [5.41, 5.74) is 1.66. The largest absolute Gasteiger partial charge is 0.506 e. The highest BCUT2D eigenvalue weighted by Gasteiger charge is 2.22. The molecule has 0 saturated heterocycles. The quantitative estimate of drug-likeness (QED) is 0.795. The third kappa shape index (κ3) is 1.50. The summed E-state index contributed by atoms with van der Waals surface area (Å²) in [5.74, 6) is 0.339. The van der Waals surface area contributed by atoms with Gasteiger partial charge >= 0.3 is 0 Å². The molecule has 0 radical (unpaired) electrons. The SMILES string of the molecule is O=C1CCCc2c1cc(Br)c(O)c2Br. The summed E-state index contributed by atoms with van der Waals surface area (Å²) in [6.07, 6.45) is 2.32. The lowest BCUT2D eigenvalue weighted by atomic mass is 9.90. The first-order valence-electron chi connectivity index (χ1n) is 4.34. The topological polar surface area (TPSA) is 37.3 Å². The van der Waals surface area contributed by atoms with E-state index in [9.17, 15) is 9.90 Å². The van der Waals surface area contributed by atoms with Crippen molar-refractivity contribution in [1.82, 2.24) is 0 Å². The zero-order valence-electron chi connectivity index (χ0n) is 7.31. The number of phenols is 1. The van der Waals surface area contributed by atoms with Crippen LogP contribution in [0.3, 0.4) is 0 Å². The Labute approximate surface area is 98.6 Å². The minimum atomic E-state index is 0.160. The Hall–Kier alpha value is -0.350. The summed E-state index contributed by atoms with van der Waals surface area (Å²) < 4.78 is 1.22. The minimum absolute atomic E-state index is 0.160. The second-order valence-corrected chi connectivity index (χ2v) is 4.97. The highest BCUT2D eigenvalue weighted by molar-refractivity contribution is 9.11. The van der Waals surface area contributed by atoms with Crippen LogP contribution >= 0.6 is 31.9 Å². The number of rotatable bonds is 0. The number of fused-ring (bicyclic) bond motifs is 1. The molecule has 74 valence electrons. The summed E-state index contributed by atoms with van der Waals surface area (Å²) in [6.45, 7) is 0. The van der Waals surface area contributed by atoms with Gasteiger partial charge in [0.25, 0.3) is 0 Å². The molecule has 2 nitrogen and oxygen atoms in total. The van der Waals surface area contributed by atoms with Gasteiger partial charge in [-0.15, -0.1) is 0 Å². The summed E-state index contributed by atoms with van der Waals surface area (Å²) in [5, 5.41) is 9.64. The van der Waals surface area contributed by atoms with E-state index in [1.165, 1.54) is 0 Å². The second kappa shape index (κ2) is 3.66. The lowest BCUT2D eigenvalue weighted by Crippen LogP contribution is -2.11. The Morgan fingerprint density at radius 1 is 1.29 bits per heavy atom. The van der Waals surface area contributed by atoms with Gasteiger partial charge in [-0.3, -0.25) is 4.79 Å². The van der Waals surface area contributed by atoms with Gasteiger partial charge in [-0.2, -0.15) is 0 Å². The molecular weight excluding hydrogens is 312 g/mol. The molecule has 1 N–H and O–H groups in total. The molecule has 0 aromatic heterocycles. The number of carbonyl (C=O) groups is 1. The van der Waals surface area contributed by atoms with Gasteiger partial charge in [-0.05, 0) is 56.3 Å². The van der Waals surface area contributed by atoms with Gasteiger partial charge in [0.15, 0.2) is 5.78 Å². The number of Topliss-reactive ketones (excluding diaryl/α,β-unsaturated/α-hetero) is 1. The van der Waals surface area contributed by atoms with Gasteiger partial charge in [0, 0.05) is 12.0 Å². The molecule has 0 saturated carbocycles. The molecule has 14 heavy (non-hydrogen) atoms. The van der Waals surface area contributed by atoms with Crippen LogP contribution in [0.1, 0.15) is 28.8 Å². The van der Waals surface area contributed by atoms with Crippen molar-refractivity contribution in [3.8, 4) is 5.75 Å². The third-order valence-corrected chi connectivity index (χ3v) is 3.88. The smallest absolute Gasteiger partial charge is 0.163 e. The first kappa shape index (κ1) is 10.2. The van der Waals surface area contributed by atoms with Crippen LogP contribution in [-0.4, -0.2) is 10.9 Å². The molecule has 0 spiro atoms. The predicted molar refractivity (Wildman–Crippen MR) is 60.8 cm³/mol. The standard InChI is InChI=1S/C10H8Br2O2/c11-7-4-6-5(9(12)10(7)14)2-1-3-8(6)13/h4,14H,1-3H2. The summed E-state index contributed by atoms with van der Waals surface area (Å²) in [4.78, 5) is 11.6. The molecule has 0 amide bonds. The van der Waals surface area contributed by atoms with Crippen molar-refractivity contribution < 1.29 is 9.90 Å². The summed E-state index contributed by atoms with van der Waals surface area (Å²) in [7, 11) is 0. The van der Waals surface area contributed by atoms with E-state index in [0.29, 0.717) is 15.4 Å². The van der Waals surface area contributed by atoms with E-state index < -0.39 is 0 Å². The van der Waals surface area contributed by atoms with Crippen LogP contribution in [0, 0.1) is 0 Å². The number of phenolic OH excluding ortho intramolecular Hbond substituents is 1. The molecule has 0 aliphatic heterocycles. The Balaban J connectivity index is 2.69.